The van der Waals surface area contributed by atoms with Gasteiger partial charge < -0.3 is 15.7 Å². The van der Waals surface area contributed by atoms with Gasteiger partial charge in [0.05, 0.1) is 12.1 Å². The summed E-state index contributed by atoms with van der Waals surface area (Å²) >= 11 is 2.05. The minimum absolute atomic E-state index is 0.101. The molecule has 1 aromatic rings. The molecule has 98 valence electrons. The molecule has 3 N–H and O–H groups in total. The van der Waals surface area contributed by atoms with Gasteiger partial charge in [0.2, 0.25) is 5.91 Å². The van der Waals surface area contributed by atoms with Crippen molar-refractivity contribution in [2.24, 2.45) is 5.73 Å². The number of aromatic hydroxyl groups is 1. The topological polar surface area (TPSA) is 83.6 Å². The van der Waals surface area contributed by atoms with Crippen molar-refractivity contribution in [2.75, 3.05) is 6.54 Å². The number of primary amides is 1. The highest BCUT2D eigenvalue weighted by Gasteiger charge is 2.23. The van der Waals surface area contributed by atoms with E-state index >= 15 is 0 Å². The van der Waals surface area contributed by atoms with E-state index in [2.05, 4.69) is 0 Å². The van der Waals surface area contributed by atoms with Crippen molar-refractivity contribution in [3.63, 3.8) is 0 Å². The van der Waals surface area contributed by atoms with E-state index in [1.807, 2.05) is 22.6 Å². The van der Waals surface area contributed by atoms with Crippen molar-refractivity contribution in [3.05, 3.63) is 27.3 Å². The van der Waals surface area contributed by atoms with Crippen molar-refractivity contribution in [2.45, 2.75) is 19.9 Å². The van der Waals surface area contributed by atoms with Crippen molar-refractivity contribution < 1.29 is 14.7 Å². The molecule has 0 unspecified atom stereocenters. The zero-order chi connectivity index (χ0) is 13.9. The fourth-order valence-electron chi connectivity index (χ4n) is 1.49. The number of rotatable bonds is 4. The highest BCUT2D eigenvalue weighted by Crippen LogP contribution is 2.22. The maximum Gasteiger partial charge on any atom is 0.258 e. The fourth-order valence-corrected chi connectivity index (χ4v) is 1.98. The summed E-state index contributed by atoms with van der Waals surface area (Å²) < 4.78 is 0.830. The molecule has 0 saturated heterocycles. The molecule has 0 aliphatic carbocycles. The van der Waals surface area contributed by atoms with E-state index < -0.39 is 11.8 Å². The Bertz CT molecular complexity index is 474. The minimum Gasteiger partial charge on any atom is -0.507 e. The number of phenolic OH excluding ortho intramolecular Hbond substituents is 1. The number of nitrogens with two attached hydrogens (primary N) is 1. The maximum absolute atomic E-state index is 12.2. The molecule has 0 aromatic heterocycles. The van der Waals surface area contributed by atoms with Gasteiger partial charge in [0.25, 0.3) is 5.91 Å². The Kier molecular flexibility index (Phi) is 4.94. The lowest BCUT2D eigenvalue weighted by Gasteiger charge is -2.25. The van der Waals surface area contributed by atoms with Gasteiger partial charge in [-0.15, -0.1) is 0 Å². The predicted molar refractivity (Wildman–Crippen MR) is 76.2 cm³/mol. The van der Waals surface area contributed by atoms with E-state index in [4.69, 9.17) is 5.73 Å². The van der Waals surface area contributed by atoms with Crippen LogP contribution >= 0.6 is 22.6 Å². The normalized spacial score (nSPS) is 10.4. The van der Waals surface area contributed by atoms with Crippen LogP contribution in [0.25, 0.3) is 0 Å². The number of hydrogen-bond acceptors (Lipinski definition) is 3. The molecule has 0 atom stereocenters. The van der Waals surface area contributed by atoms with E-state index in [0.29, 0.717) is 0 Å². The van der Waals surface area contributed by atoms with E-state index in [1.165, 1.54) is 11.0 Å². The summed E-state index contributed by atoms with van der Waals surface area (Å²) in [7, 11) is 0. The van der Waals surface area contributed by atoms with E-state index in [0.717, 1.165) is 3.57 Å². The summed E-state index contributed by atoms with van der Waals surface area (Å²) in [6.07, 6.45) is 0. The van der Waals surface area contributed by atoms with Crippen molar-refractivity contribution >= 4 is 34.4 Å². The summed E-state index contributed by atoms with van der Waals surface area (Å²) in [5.41, 5.74) is 5.30. The summed E-state index contributed by atoms with van der Waals surface area (Å²) in [4.78, 5) is 24.5. The number of carbonyl (C=O) groups is 2. The Morgan fingerprint density at radius 2 is 2.06 bits per heavy atom. The summed E-state index contributed by atoms with van der Waals surface area (Å²) in [5.74, 6) is -1.09. The second-order valence-electron chi connectivity index (χ2n) is 4.15. The number of hydrogen-bond donors (Lipinski definition) is 2. The van der Waals surface area contributed by atoms with Gasteiger partial charge in [-0.3, -0.25) is 9.59 Å². The zero-order valence-corrected chi connectivity index (χ0v) is 12.3. The third-order valence-corrected chi connectivity index (χ3v) is 3.07. The molecular weight excluding hydrogens is 347 g/mol. The molecule has 18 heavy (non-hydrogen) atoms. The van der Waals surface area contributed by atoms with Crippen LogP contribution in [0, 0.1) is 3.57 Å². The Labute approximate surface area is 119 Å². The highest BCUT2D eigenvalue weighted by molar-refractivity contribution is 14.1. The van der Waals surface area contributed by atoms with Crippen LogP contribution in [0.15, 0.2) is 18.2 Å². The molecule has 0 radical (unpaired) electrons. The molecule has 1 aromatic carbocycles. The van der Waals surface area contributed by atoms with Crippen LogP contribution in [0.2, 0.25) is 0 Å². The summed E-state index contributed by atoms with van der Waals surface area (Å²) in [6, 6.07) is 4.55. The van der Waals surface area contributed by atoms with E-state index in [1.54, 1.807) is 26.0 Å². The molecule has 2 amide bonds. The number of benzene rings is 1. The Balaban J connectivity index is 3.09. The molecule has 0 fully saturated rings. The van der Waals surface area contributed by atoms with Gasteiger partial charge >= 0.3 is 0 Å². The molecule has 0 saturated carbocycles. The van der Waals surface area contributed by atoms with Crippen LogP contribution in [0.4, 0.5) is 0 Å². The molecule has 0 spiro atoms. The molecule has 0 aliphatic rings. The SMILES string of the molecule is CC(C)N(CC(N)=O)C(=O)c1cc(I)ccc1O. The molecule has 0 heterocycles. The number of amides is 2. The number of halogens is 1. The zero-order valence-electron chi connectivity index (χ0n) is 10.2. The number of phenols is 1. The average Bonchev–Trinajstić information content (AvgIpc) is 2.27. The third-order valence-electron chi connectivity index (χ3n) is 2.40. The summed E-state index contributed by atoms with van der Waals surface area (Å²) in [5, 5.41) is 9.70. The monoisotopic (exact) mass is 362 g/mol. The molecule has 5 nitrogen and oxygen atoms in total. The van der Waals surface area contributed by atoms with Crippen molar-refractivity contribution in [3.8, 4) is 5.75 Å². The molecule has 1 rings (SSSR count). The molecule has 0 aliphatic heterocycles. The van der Waals surface area contributed by atoms with E-state index in [-0.39, 0.29) is 23.9 Å². The first-order chi connectivity index (χ1) is 8.32. The van der Waals surface area contributed by atoms with Gasteiger partial charge in [0, 0.05) is 9.61 Å². The van der Waals surface area contributed by atoms with Crippen molar-refractivity contribution in [1.82, 2.24) is 4.90 Å². The average molecular weight is 362 g/mol. The van der Waals surface area contributed by atoms with Crippen LogP contribution in [0.3, 0.4) is 0 Å². The van der Waals surface area contributed by atoms with Crippen LogP contribution in [0.5, 0.6) is 5.75 Å². The predicted octanol–water partition coefficient (Wildman–Crippen LogP) is 1.33. The summed E-state index contributed by atoms with van der Waals surface area (Å²) in [6.45, 7) is 3.40. The lowest BCUT2D eigenvalue weighted by molar-refractivity contribution is -0.119. The quantitative estimate of drug-likeness (QED) is 0.793. The third kappa shape index (κ3) is 3.59. The van der Waals surface area contributed by atoms with E-state index in [9.17, 15) is 14.7 Å². The first-order valence-corrected chi connectivity index (χ1v) is 6.48. The highest BCUT2D eigenvalue weighted by atomic mass is 127. The second kappa shape index (κ2) is 6.03. The Morgan fingerprint density at radius 3 is 2.56 bits per heavy atom. The van der Waals surface area contributed by atoms with Gasteiger partial charge in [-0.1, -0.05) is 0 Å². The second-order valence-corrected chi connectivity index (χ2v) is 5.40. The van der Waals surface area contributed by atoms with Gasteiger partial charge in [0.1, 0.15) is 5.75 Å². The smallest absolute Gasteiger partial charge is 0.258 e. The lowest BCUT2D eigenvalue weighted by atomic mass is 10.1. The minimum atomic E-state index is -0.581. The van der Waals surface area contributed by atoms with Gasteiger partial charge in [-0.25, -0.2) is 0 Å². The van der Waals surface area contributed by atoms with Gasteiger partial charge in [-0.05, 0) is 54.6 Å². The van der Waals surface area contributed by atoms with Gasteiger partial charge in [-0.2, -0.15) is 0 Å². The van der Waals surface area contributed by atoms with Crippen LogP contribution in [-0.4, -0.2) is 34.4 Å². The fraction of sp³-hybridized carbons (Fsp3) is 0.333. The lowest BCUT2D eigenvalue weighted by Crippen LogP contribution is -2.42. The van der Waals surface area contributed by atoms with Crippen LogP contribution < -0.4 is 5.73 Å². The first kappa shape index (κ1) is 14.7. The maximum atomic E-state index is 12.2. The molecule has 6 heteroatoms. The molecule has 0 bridgehead atoms. The van der Waals surface area contributed by atoms with Crippen LogP contribution in [-0.2, 0) is 4.79 Å². The molecular formula is C12H15IN2O3. The standard InChI is InChI=1S/C12H15IN2O3/c1-7(2)15(6-11(14)17)12(18)9-5-8(13)3-4-10(9)16/h3-5,7,16H,6H2,1-2H3,(H2,14,17). The van der Waals surface area contributed by atoms with Crippen LogP contribution in [0.1, 0.15) is 24.2 Å². The van der Waals surface area contributed by atoms with Gasteiger partial charge in [0.15, 0.2) is 0 Å². The first-order valence-electron chi connectivity index (χ1n) is 5.40. The number of carbonyl (C=O) groups excluding carboxylic acids is 2. The Hall–Kier alpha value is -1.31. The van der Waals surface area contributed by atoms with Crippen molar-refractivity contribution in [1.29, 1.82) is 0 Å². The largest absolute Gasteiger partial charge is 0.507 e. The number of nitrogens with zero attached hydrogens (tertiary/aromatic N) is 1. The Morgan fingerprint density at radius 1 is 1.44 bits per heavy atom.